The summed E-state index contributed by atoms with van der Waals surface area (Å²) in [5, 5.41) is 0.770. The average Bonchev–Trinajstić information content (AvgIpc) is 2.53. The van der Waals surface area contributed by atoms with Gasteiger partial charge < -0.3 is 0 Å². The Kier molecular flexibility index (Phi) is 6.24. The smallest absolute Gasteiger partial charge is 0.266 e. The molecule has 2 rings (SSSR count). The van der Waals surface area contributed by atoms with Crippen LogP contribution in [-0.4, -0.2) is 31.1 Å². The Bertz CT molecular complexity index is 887. The molecular weight excluding hydrogens is 378 g/mol. The molecule has 25 heavy (non-hydrogen) atoms. The lowest BCUT2D eigenvalue weighted by atomic mass is 10.2. The first-order valence-corrected chi connectivity index (χ1v) is 10.8. The molecule has 0 aliphatic rings. The summed E-state index contributed by atoms with van der Waals surface area (Å²) in [6.45, 7) is 5.40. The van der Waals surface area contributed by atoms with Crippen LogP contribution in [0.15, 0.2) is 45.9 Å². The second-order valence-corrected chi connectivity index (χ2v) is 10.5. The monoisotopic (exact) mass is 397 g/mol. The van der Waals surface area contributed by atoms with Crippen molar-refractivity contribution in [1.29, 1.82) is 0 Å². The second-order valence-electron chi connectivity index (χ2n) is 6.33. The molecule has 0 radical (unpaired) electrons. The maximum atomic E-state index is 13.6. The van der Waals surface area contributed by atoms with Crippen LogP contribution < -0.4 is 0 Å². The number of carbonyl (C=O) groups excluding carboxylic acids is 1. The molecule has 134 valence electrons. The maximum absolute atomic E-state index is 13.6. The first kappa shape index (κ1) is 19.9. The van der Waals surface area contributed by atoms with Crippen LogP contribution in [0.2, 0.25) is 5.15 Å². The predicted octanol–water partition coefficient (Wildman–Crippen LogP) is 4.46. The van der Waals surface area contributed by atoms with Gasteiger partial charge >= 0.3 is 0 Å². The number of hydrogen-bond acceptors (Lipinski definition) is 5. The first-order chi connectivity index (χ1) is 11.6. The van der Waals surface area contributed by atoms with Gasteiger partial charge in [0.15, 0.2) is 5.16 Å². The summed E-state index contributed by atoms with van der Waals surface area (Å²) in [5.74, 6) is -0.462. The van der Waals surface area contributed by atoms with E-state index in [0.717, 1.165) is 0 Å². The number of carbonyl (C=O) groups is 1. The number of thioether (sulfide) groups is 1. The molecule has 1 aromatic heterocycles. The maximum Gasteiger partial charge on any atom is 0.285 e. The fourth-order valence-corrected chi connectivity index (χ4v) is 4.31. The molecule has 0 bridgehead atoms. The molecule has 0 saturated carbocycles. The van der Waals surface area contributed by atoms with Gasteiger partial charge in [0, 0.05) is 10.3 Å². The van der Waals surface area contributed by atoms with Crippen LogP contribution in [0.1, 0.15) is 36.8 Å². The summed E-state index contributed by atoms with van der Waals surface area (Å²) in [6.07, 6.45) is 1.83. The fourth-order valence-electron chi connectivity index (χ4n) is 1.96. The van der Waals surface area contributed by atoms with Gasteiger partial charge in [-0.1, -0.05) is 41.6 Å². The van der Waals surface area contributed by atoms with E-state index in [-0.39, 0.29) is 10.9 Å². The number of hydrogen-bond donors (Lipinski definition) is 0. The topological polar surface area (TPSA) is 72.3 Å². The van der Waals surface area contributed by atoms with Gasteiger partial charge in [-0.2, -0.15) is 4.36 Å². The van der Waals surface area contributed by atoms with Crippen LogP contribution in [-0.2, 0) is 15.5 Å². The third-order valence-corrected chi connectivity index (χ3v) is 7.26. The molecule has 2 aromatic rings. The normalized spacial score (nSPS) is 14.0. The minimum Gasteiger partial charge on any atom is -0.266 e. The lowest BCUT2D eigenvalue weighted by molar-refractivity contribution is 0.100. The van der Waals surface area contributed by atoms with Crippen molar-refractivity contribution in [2.24, 2.45) is 4.36 Å². The molecule has 0 N–H and O–H groups in total. The summed E-state index contributed by atoms with van der Waals surface area (Å²) in [5.41, 5.74) is 0.916. The number of amides is 1. The molecule has 0 spiro atoms. The van der Waals surface area contributed by atoms with Crippen LogP contribution in [0.3, 0.4) is 0 Å². The summed E-state index contributed by atoms with van der Waals surface area (Å²) in [4.78, 5) is 20.9. The van der Waals surface area contributed by atoms with Gasteiger partial charge in [-0.3, -0.25) is 4.79 Å². The van der Waals surface area contributed by atoms with Gasteiger partial charge in [-0.25, -0.2) is 14.2 Å². The first-order valence-electron chi connectivity index (χ1n) is 7.56. The molecule has 1 aromatic carbocycles. The molecule has 8 heteroatoms. The van der Waals surface area contributed by atoms with Crippen molar-refractivity contribution in [2.75, 3.05) is 6.26 Å². The van der Waals surface area contributed by atoms with E-state index < -0.39 is 20.4 Å². The van der Waals surface area contributed by atoms with Crippen LogP contribution in [0.5, 0.6) is 0 Å². The Morgan fingerprint density at radius 2 is 1.88 bits per heavy atom. The van der Waals surface area contributed by atoms with E-state index in [0.29, 0.717) is 16.4 Å². The molecule has 0 fully saturated rings. The molecule has 1 amide bonds. The Hall–Kier alpha value is -1.44. The van der Waals surface area contributed by atoms with Crippen molar-refractivity contribution >= 4 is 39.0 Å². The summed E-state index contributed by atoms with van der Waals surface area (Å²) in [7, 11) is -2.93. The summed E-state index contributed by atoms with van der Waals surface area (Å²) in [6, 6.07) is 10.2. The fraction of sp³-hybridized carbons (Fsp3) is 0.353. The van der Waals surface area contributed by atoms with Gasteiger partial charge in [0.25, 0.3) is 5.91 Å². The zero-order chi connectivity index (χ0) is 18.7. The number of rotatable bonds is 4. The van der Waals surface area contributed by atoms with E-state index in [2.05, 4.69) is 14.3 Å². The van der Waals surface area contributed by atoms with Crippen molar-refractivity contribution in [3.63, 3.8) is 0 Å². The van der Waals surface area contributed by atoms with E-state index in [4.69, 9.17) is 11.6 Å². The molecule has 0 aliphatic carbocycles. The van der Waals surface area contributed by atoms with E-state index in [1.807, 2.05) is 12.3 Å². The van der Waals surface area contributed by atoms with E-state index in [9.17, 15) is 9.00 Å². The lowest BCUT2D eigenvalue weighted by Crippen LogP contribution is -2.30. The molecule has 0 aliphatic heterocycles. The highest BCUT2D eigenvalue weighted by molar-refractivity contribution is 7.98. The van der Waals surface area contributed by atoms with Crippen molar-refractivity contribution in [2.45, 2.75) is 36.4 Å². The Balaban J connectivity index is 2.49. The second kappa shape index (κ2) is 7.85. The van der Waals surface area contributed by atoms with Gasteiger partial charge in [-0.05, 0) is 45.2 Å². The zero-order valence-corrected chi connectivity index (χ0v) is 16.9. The predicted molar refractivity (Wildman–Crippen MR) is 104 cm³/mol. The van der Waals surface area contributed by atoms with Crippen molar-refractivity contribution in [1.82, 2.24) is 9.97 Å². The van der Waals surface area contributed by atoms with Gasteiger partial charge in [0.1, 0.15) is 5.15 Å². The molecule has 1 unspecified atom stereocenters. The van der Waals surface area contributed by atoms with Crippen molar-refractivity contribution < 1.29 is 9.00 Å². The Morgan fingerprint density at radius 1 is 1.24 bits per heavy atom. The van der Waals surface area contributed by atoms with E-state index in [1.54, 1.807) is 51.1 Å². The standard InChI is InChI=1S/C17H20ClN3O2S2/c1-17(2,3)25(23,21-15(22)12-8-6-5-7-9-12)11-13-10-14(18)20-16(19-13)24-4/h5-10H,11H2,1-4H3. The minimum absolute atomic E-state index is 0.0326. The minimum atomic E-state index is -2.93. The zero-order valence-electron chi connectivity index (χ0n) is 14.5. The highest BCUT2D eigenvalue weighted by atomic mass is 35.5. The van der Waals surface area contributed by atoms with E-state index >= 15 is 0 Å². The average molecular weight is 398 g/mol. The third-order valence-electron chi connectivity index (χ3n) is 3.46. The van der Waals surface area contributed by atoms with Crippen LogP contribution in [0.25, 0.3) is 0 Å². The van der Waals surface area contributed by atoms with Crippen LogP contribution in [0, 0.1) is 0 Å². The molecule has 1 heterocycles. The summed E-state index contributed by atoms with van der Waals surface area (Å²) >= 11 is 7.36. The molecular formula is C17H20ClN3O2S2. The van der Waals surface area contributed by atoms with E-state index in [1.165, 1.54) is 11.8 Å². The SMILES string of the molecule is CSc1nc(Cl)cc(CS(=O)(=NC(=O)c2ccccc2)C(C)(C)C)n1. The number of aromatic nitrogens is 2. The largest absolute Gasteiger partial charge is 0.285 e. The van der Waals surface area contributed by atoms with Gasteiger partial charge in [-0.15, -0.1) is 0 Å². The molecule has 0 saturated heterocycles. The summed E-state index contributed by atoms with van der Waals surface area (Å²) < 4.78 is 17.0. The van der Waals surface area contributed by atoms with Gasteiger partial charge in [0.05, 0.1) is 21.2 Å². The quantitative estimate of drug-likeness (QED) is 0.432. The molecule has 1 atom stereocenters. The van der Waals surface area contributed by atoms with Gasteiger partial charge in [0.2, 0.25) is 0 Å². The highest BCUT2D eigenvalue weighted by Crippen LogP contribution is 2.25. The third kappa shape index (κ3) is 5.03. The van der Waals surface area contributed by atoms with Crippen molar-refractivity contribution in [3.05, 3.63) is 52.8 Å². The van der Waals surface area contributed by atoms with Crippen LogP contribution >= 0.6 is 23.4 Å². The molecule has 5 nitrogen and oxygen atoms in total. The van der Waals surface area contributed by atoms with Crippen molar-refractivity contribution in [3.8, 4) is 0 Å². The number of halogens is 1. The Labute approximate surface area is 157 Å². The Morgan fingerprint density at radius 3 is 2.44 bits per heavy atom. The number of nitrogens with zero attached hydrogens (tertiary/aromatic N) is 3. The number of benzene rings is 1. The highest BCUT2D eigenvalue weighted by Gasteiger charge is 2.29. The van der Waals surface area contributed by atoms with Crippen LogP contribution in [0.4, 0.5) is 0 Å². The lowest BCUT2D eigenvalue weighted by Gasteiger charge is -2.24.